The third kappa shape index (κ3) is 4.24. The van der Waals surface area contributed by atoms with E-state index in [4.69, 9.17) is 16.3 Å². The van der Waals surface area contributed by atoms with Crippen LogP contribution in [0.2, 0.25) is 5.02 Å². The molecule has 6 heteroatoms. The van der Waals surface area contributed by atoms with Crippen LogP contribution in [0.25, 0.3) is 20.7 Å². The summed E-state index contributed by atoms with van der Waals surface area (Å²) in [7, 11) is 0. The number of aromatic nitrogens is 2. The first-order valence-corrected chi connectivity index (χ1v) is 11.0. The summed E-state index contributed by atoms with van der Waals surface area (Å²) in [5.74, 6) is 2.84. The molecular weight excluding hydrogens is 426 g/mol. The molecule has 0 fully saturated rings. The van der Waals surface area contributed by atoms with E-state index in [0.717, 1.165) is 37.9 Å². The molecule has 31 heavy (non-hydrogen) atoms. The second-order valence-electron chi connectivity index (χ2n) is 7.00. The predicted molar refractivity (Wildman–Crippen MR) is 129 cm³/mol. The Kier molecular flexibility index (Phi) is 5.28. The summed E-state index contributed by atoms with van der Waals surface area (Å²) >= 11 is 7.94. The highest BCUT2D eigenvalue weighted by Gasteiger charge is 2.14. The van der Waals surface area contributed by atoms with Crippen molar-refractivity contribution in [2.24, 2.45) is 0 Å². The highest BCUT2D eigenvalue weighted by molar-refractivity contribution is 7.21. The highest BCUT2D eigenvalue weighted by atomic mass is 35.5. The van der Waals surface area contributed by atoms with E-state index in [9.17, 15) is 0 Å². The fourth-order valence-electron chi connectivity index (χ4n) is 3.30. The molecule has 3 aromatic carbocycles. The number of nitrogens with one attached hydrogen (secondary N) is 1. The summed E-state index contributed by atoms with van der Waals surface area (Å²) in [5, 5.41) is 5.00. The number of rotatable bonds is 5. The van der Waals surface area contributed by atoms with Crippen molar-refractivity contribution in [3.63, 3.8) is 0 Å². The largest absolute Gasteiger partial charge is 0.455 e. The van der Waals surface area contributed by atoms with Gasteiger partial charge in [-0.2, -0.15) is 0 Å². The molecule has 1 N–H and O–H groups in total. The third-order valence-corrected chi connectivity index (χ3v) is 6.04. The van der Waals surface area contributed by atoms with Crippen molar-refractivity contribution in [1.29, 1.82) is 0 Å². The molecule has 0 aliphatic heterocycles. The molecule has 0 radical (unpaired) electrons. The fourth-order valence-corrected chi connectivity index (χ4v) is 4.55. The van der Waals surface area contributed by atoms with Gasteiger partial charge in [0.1, 0.15) is 22.2 Å². The Hall–Kier alpha value is -3.41. The van der Waals surface area contributed by atoms with Gasteiger partial charge in [0.25, 0.3) is 0 Å². The van der Waals surface area contributed by atoms with E-state index >= 15 is 0 Å². The lowest BCUT2D eigenvalue weighted by Gasteiger charge is -2.14. The molecular formula is C25H18ClN3OS. The molecule has 0 saturated heterocycles. The number of anilines is 2. The molecule has 0 atom stereocenters. The van der Waals surface area contributed by atoms with Crippen molar-refractivity contribution >= 4 is 44.7 Å². The molecule has 0 aliphatic rings. The van der Waals surface area contributed by atoms with Crippen molar-refractivity contribution in [3.8, 4) is 21.9 Å². The van der Waals surface area contributed by atoms with Crippen LogP contribution in [0, 0.1) is 6.92 Å². The van der Waals surface area contributed by atoms with Crippen LogP contribution in [0.4, 0.5) is 11.5 Å². The minimum atomic E-state index is 0.611. The quantitative estimate of drug-likeness (QED) is 0.300. The van der Waals surface area contributed by atoms with Crippen LogP contribution in [-0.2, 0) is 0 Å². The van der Waals surface area contributed by atoms with Gasteiger partial charge in [-0.3, -0.25) is 0 Å². The number of para-hydroxylation sites is 1. The number of ether oxygens (including phenoxy) is 1. The summed E-state index contributed by atoms with van der Waals surface area (Å²) in [6, 6.07) is 27.6. The van der Waals surface area contributed by atoms with Crippen LogP contribution < -0.4 is 10.1 Å². The van der Waals surface area contributed by atoms with E-state index in [0.29, 0.717) is 16.6 Å². The Morgan fingerprint density at radius 1 is 0.871 bits per heavy atom. The lowest BCUT2D eigenvalue weighted by atomic mass is 10.2. The Bertz CT molecular complexity index is 1350. The van der Waals surface area contributed by atoms with Crippen molar-refractivity contribution in [1.82, 2.24) is 9.97 Å². The predicted octanol–water partition coefficient (Wildman–Crippen LogP) is 7.86. The van der Waals surface area contributed by atoms with Crippen molar-refractivity contribution < 1.29 is 4.74 Å². The first-order valence-electron chi connectivity index (χ1n) is 9.79. The Morgan fingerprint density at radius 3 is 2.39 bits per heavy atom. The minimum Gasteiger partial charge on any atom is -0.455 e. The van der Waals surface area contributed by atoms with Gasteiger partial charge in [-0.05, 0) is 48.9 Å². The zero-order chi connectivity index (χ0) is 21.2. The van der Waals surface area contributed by atoms with Crippen LogP contribution >= 0.6 is 22.9 Å². The fraction of sp³-hybridized carbons (Fsp3) is 0.0400. The zero-order valence-corrected chi connectivity index (χ0v) is 18.2. The van der Waals surface area contributed by atoms with Gasteiger partial charge >= 0.3 is 0 Å². The van der Waals surface area contributed by atoms with E-state index in [-0.39, 0.29) is 0 Å². The van der Waals surface area contributed by atoms with Crippen LogP contribution in [0.15, 0.2) is 84.9 Å². The van der Waals surface area contributed by atoms with Crippen LogP contribution in [0.3, 0.4) is 0 Å². The molecule has 2 heterocycles. The van der Waals surface area contributed by atoms with Crippen LogP contribution in [0.1, 0.15) is 5.82 Å². The van der Waals surface area contributed by atoms with E-state index in [1.165, 1.54) is 0 Å². The molecule has 0 unspecified atom stereocenters. The highest BCUT2D eigenvalue weighted by Crippen LogP contribution is 2.39. The molecule has 0 aliphatic carbocycles. The average Bonchev–Trinajstić information content (AvgIpc) is 3.21. The van der Waals surface area contributed by atoms with Gasteiger partial charge < -0.3 is 10.1 Å². The Balaban J connectivity index is 1.56. The molecule has 0 spiro atoms. The van der Waals surface area contributed by atoms with Gasteiger partial charge in [-0.15, -0.1) is 11.3 Å². The lowest BCUT2D eigenvalue weighted by molar-refractivity contribution is 0.485. The van der Waals surface area contributed by atoms with Crippen molar-refractivity contribution in [2.75, 3.05) is 5.32 Å². The minimum absolute atomic E-state index is 0.611. The maximum absolute atomic E-state index is 6.29. The summed E-state index contributed by atoms with van der Waals surface area (Å²) in [6.07, 6.45) is 0. The van der Waals surface area contributed by atoms with Gasteiger partial charge in [-0.25, -0.2) is 9.97 Å². The normalized spacial score (nSPS) is 10.9. The zero-order valence-electron chi connectivity index (χ0n) is 16.7. The van der Waals surface area contributed by atoms with Gasteiger partial charge in [-0.1, -0.05) is 60.1 Å². The number of hydrogen-bond acceptors (Lipinski definition) is 5. The SMILES string of the molecule is Cc1nc(Nc2cc(Cl)ccc2Oc2ccccc2)c2cc(-c3ccccc3)sc2n1. The average molecular weight is 444 g/mol. The summed E-state index contributed by atoms with van der Waals surface area (Å²) in [6.45, 7) is 1.89. The summed E-state index contributed by atoms with van der Waals surface area (Å²) in [5.41, 5.74) is 1.90. The molecule has 2 aromatic heterocycles. The molecule has 0 bridgehead atoms. The Labute approximate surface area is 189 Å². The number of fused-ring (bicyclic) bond motifs is 1. The first-order chi connectivity index (χ1) is 15.2. The number of hydrogen-bond donors (Lipinski definition) is 1. The molecule has 5 aromatic rings. The smallest absolute Gasteiger partial charge is 0.151 e. The molecule has 152 valence electrons. The van der Waals surface area contributed by atoms with Gasteiger partial charge in [0.05, 0.1) is 11.1 Å². The summed E-state index contributed by atoms with van der Waals surface area (Å²) < 4.78 is 6.09. The third-order valence-electron chi connectivity index (χ3n) is 4.73. The van der Waals surface area contributed by atoms with Gasteiger partial charge in [0.15, 0.2) is 5.75 Å². The van der Waals surface area contributed by atoms with Gasteiger partial charge in [0, 0.05) is 9.90 Å². The maximum atomic E-state index is 6.29. The van der Waals surface area contributed by atoms with Crippen LogP contribution in [0.5, 0.6) is 11.5 Å². The van der Waals surface area contributed by atoms with Crippen molar-refractivity contribution in [3.05, 3.63) is 95.8 Å². The molecule has 4 nitrogen and oxygen atoms in total. The van der Waals surface area contributed by atoms with E-state index < -0.39 is 0 Å². The first kappa shape index (κ1) is 19.5. The molecule has 5 rings (SSSR count). The standard InChI is InChI=1S/C25H18ClN3OS/c1-16-27-24(20-15-23(31-25(20)28-16)17-8-4-2-5-9-17)29-21-14-18(26)12-13-22(21)30-19-10-6-3-7-11-19/h2-15H,1H3,(H,27,28,29). The summed E-state index contributed by atoms with van der Waals surface area (Å²) in [4.78, 5) is 11.4. The second kappa shape index (κ2) is 8.38. The number of benzene rings is 3. The molecule has 0 amide bonds. The number of aryl methyl sites for hydroxylation is 1. The van der Waals surface area contributed by atoms with Crippen molar-refractivity contribution in [2.45, 2.75) is 6.92 Å². The van der Waals surface area contributed by atoms with E-state index in [1.807, 2.05) is 73.7 Å². The van der Waals surface area contributed by atoms with E-state index in [1.54, 1.807) is 11.3 Å². The number of halogens is 1. The Morgan fingerprint density at radius 2 is 1.61 bits per heavy atom. The van der Waals surface area contributed by atoms with Crippen LogP contribution in [-0.4, -0.2) is 9.97 Å². The maximum Gasteiger partial charge on any atom is 0.151 e. The number of thiophene rings is 1. The number of nitrogens with zero attached hydrogens (tertiary/aromatic N) is 2. The molecule has 0 saturated carbocycles. The van der Waals surface area contributed by atoms with Gasteiger partial charge in [0.2, 0.25) is 0 Å². The topological polar surface area (TPSA) is 47.0 Å². The second-order valence-corrected chi connectivity index (χ2v) is 8.46. The lowest BCUT2D eigenvalue weighted by Crippen LogP contribution is -1.99. The van der Waals surface area contributed by atoms with E-state index in [2.05, 4.69) is 33.5 Å². The monoisotopic (exact) mass is 443 g/mol.